The van der Waals surface area contributed by atoms with Crippen molar-refractivity contribution in [1.29, 1.82) is 0 Å². The van der Waals surface area contributed by atoms with E-state index in [2.05, 4.69) is 13.8 Å². The molecular weight excluding hydrogens is 879 g/mol. The molecule has 64 heavy (non-hydrogen) atoms. The molecule has 0 saturated heterocycles. The summed E-state index contributed by atoms with van der Waals surface area (Å²) >= 11 is 16.8. The van der Waals surface area contributed by atoms with Crippen molar-refractivity contribution in [1.82, 2.24) is 0 Å². The van der Waals surface area contributed by atoms with E-state index in [0.717, 1.165) is 97.4 Å². The topological polar surface area (TPSA) is 131 Å². The Morgan fingerprint density at radius 3 is 1.52 bits per heavy atom. The Morgan fingerprint density at radius 2 is 0.969 bits per heavy atom. The lowest BCUT2D eigenvalue weighted by atomic mass is 10.2. The lowest BCUT2D eigenvalue weighted by Crippen LogP contribution is -1.77. The summed E-state index contributed by atoms with van der Waals surface area (Å²) in [6.07, 6.45) is 5.07. The van der Waals surface area contributed by atoms with Crippen LogP contribution in [0.25, 0.3) is 55.8 Å². The van der Waals surface area contributed by atoms with Crippen LogP contribution in [0, 0.1) is 48.5 Å². The lowest BCUT2D eigenvalue weighted by molar-refractivity contribution is 0.553. The van der Waals surface area contributed by atoms with E-state index in [4.69, 9.17) is 79.0 Å². The third-order valence-corrected chi connectivity index (χ3v) is 9.25. The minimum Gasteiger partial charge on any atom is -0.460 e. The van der Waals surface area contributed by atoms with Gasteiger partial charge in [-0.05, 0) is 83.3 Å². The van der Waals surface area contributed by atoms with Gasteiger partial charge in [0.15, 0.2) is 66.3 Å². The molecule has 0 aliphatic heterocycles. The Labute approximate surface area is 393 Å². The van der Waals surface area contributed by atoms with Crippen molar-refractivity contribution in [2.24, 2.45) is 0 Å². The second-order valence-corrected chi connectivity index (χ2v) is 13.6. The molecule has 0 spiro atoms. The predicted octanol–water partition coefficient (Wildman–Crippen LogP) is 20.5. The maximum absolute atomic E-state index is 5.67. The van der Waals surface area contributed by atoms with Crippen LogP contribution in [-0.4, -0.2) is 0 Å². The second-order valence-electron chi connectivity index (χ2n) is 12.5. The summed E-state index contributed by atoms with van der Waals surface area (Å²) in [5.41, 5.74) is 12.0. The summed E-state index contributed by atoms with van der Waals surface area (Å²) in [5.74, 6) is 4.72. The molecule has 354 valence electrons. The Balaban J connectivity index is 0.000000381. The monoisotopic (exact) mass is 946 g/mol. The standard InChI is InChI=1S/2C10H12O2.3C7H5ClO2.5C2H6/c1-4-8-5-9-10(12-8)6(2)7(3)11-9;1-4-8-7(3)10-9(12-8)5-6(2)11-10;1-4-3-9-5-2-6(8)10-7(4)5;1-4-2-5-6(9-4)3-7(8)10-5;1-4-6-5(2-3-9-6)10-7(4)8;5*1-2/h2*5H,4H2,1-3H3;3*2-3H,1H3;5*1-2H3. The number of rotatable bonds is 2. The average molecular weight is 948 g/mol. The van der Waals surface area contributed by atoms with Crippen LogP contribution in [0.3, 0.4) is 0 Å². The molecule has 10 heterocycles. The molecule has 0 bridgehead atoms. The van der Waals surface area contributed by atoms with Crippen LogP contribution in [-0.2, 0) is 12.8 Å². The molecule has 0 aromatic carbocycles. The van der Waals surface area contributed by atoms with Crippen molar-refractivity contribution in [3.05, 3.63) is 116 Å². The Bertz CT molecular complexity index is 2710. The number of hydrogen-bond donors (Lipinski definition) is 0. The van der Waals surface area contributed by atoms with E-state index in [-0.39, 0.29) is 0 Å². The van der Waals surface area contributed by atoms with Crippen molar-refractivity contribution in [2.45, 2.75) is 144 Å². The molecule has 10 aromatic rings. The van der Waals surface area contributed by atoms with Crippen LogP contribution in [0.15, 0.2) is 93.1 Å². The summed E-state index contributed by atoms with van der Waals surface area (Å²) in [4.78, 5) is 0. The maximum Gasteiger partial charge on any atom is 0.200 e. The minimum atomic E-state index is 0.369. The van der Waals surface area contributed by atoms with E-state index in [9.17, 15) is 0 Å². The van der Waals surface area contributed by atoms with Gasteiger partial charge in [-0.1, -0.05) is 83.1 Å². The summed E-state index contributed by atoms with van der Waals surface area (Å²) < 4.78 is 52.8. The van der Waals surface area contributed by atoms with E-state index in [1.165, 1.54) is 0 Å². The highest BCUT2D eigenvalue weighted by Crippen LogP contribution is 2.31. The molecule has 0 aliphatic carbocycles. The van der Waals surface area contributed by atoms with Crippen LogP contribution in [0.1, 0.15) is 134 Å². The van der Waals surface area contributed by atoms with Crippen LogP contribution in [0.5, 0.6) is 0 Å². The first-order valence-electron chi connectivity index (χ1n) is 22.1. The van der Waals surface area contributed by atoms with Gasteiger partial charge in [-0.25, -0.2) is 0 Å². The summed E-state index contributed by atoms with van der Waals surface area (Å²) in [5, 5.41) is 1.15. The first-order valence-corrected chi connectivity index (χ1v) is 23.3. The molecule has 0 aliphatic rings. The molecule has 0 unspecified atom stereocenters. The van der Waals surface area contributed by atoms with Crippen LogP contribution >= 0.6 is 34.8 Å². The van der Waals surface area contributed by atoms with E-state index in [1.54, 1.807) is 36.8 Å². The van der Waals surface area contributed by atoms with Gasteiger partial charge >= 0.3 is 0 Å². The van der Waals surface area contributed by atoms with Crippen LogP contribution in [0.4, 0.5) is 0 Å². The maximum atomic E-state index is 5.67. The first-order chi connectivity index (χ1) is 30.8. The molecule has 13 heteroatoms. The third-order valence-electron chi connectivity index (χ3n) is 8.52. The van der Waals surface area contributed by atoms with Gasteiger partial charge in [-0.3, -0.25) is 0 Å². The number of aryl methyl sites for hydroxylation is 9. The van der Waals surface area contributed by atoms with Crippen LogP contribution in [0.2, 0.25) is 15.7 Å². The number of hydrogen-bond acceptors (Lipinski definition) is 10. The number of furan rings is 10. The highest BCUT2D eigenvalue weighted by Gasteiger charge is 2.14. The Kier molecular flexibility index (Phi) is 25.6. The fraction of sp³-hybridized carbons (Fsp3) is 0.412. The summed E-state index contributed by atoms with van der Waals surface area (Å²) in [6.45, 7) is 37.7. The van der Waals surface area contributed by atoms with Gasteiger partial charge in [0.25, 0.3) is 0 Å². The van der Waals surface area contributed by atoms with Gasteiger partial charge in [0.1, 0.15) is 28.8 Å². The molecular formula is C51H69Cl3O10. The second kappa shape index (κ2) is 28.7. The molecule has 0 atom stereocenters. The quantitative estimate of drug-likeness (QED) is 0.165. The van der Waals surface area contributed by atoms with Crippen molar-refractivity contribution < 1.29 is 44.2 Å². The van der Waals surface area contributed by atoms with Crippen LogP contribution < -0.4 is 0 Å². The van der Waals surface area contributed by atoms with Gasteiger partial charge in [-0.2, -0.15) is 0 Å². The number of fused-ring (bicyclic) bond motifs is 5. The van der Waals surface area contributed by atoms with Crippen molar-refractivity contribution in [2.75, 3.05) is 0 Å². The zero-order valence-corrected chi connectivity index (χ0v) is 43.5. The van der Waals surface area contributed by atoms with E-state index in [1.807, 2.05) is 130 Å². The van der Waals surface area contributed by atoms with Gasteiger partial charge in [0.2, 0.25) is 5.22 Å². The van der Waals surface area contributed by atoms with E-state index in [0.29, 0.717) is 38.0 Å². The van der Waals surface area contributed by atoms with Crippen molar-refractivity contribution in [3.63, 3.8) is 0 Å². The van der Waals surface area contributed by atoms with E-state index < -0.39 is 0 Å². The summed E-state index contributed by atoms with van der Waals surface area (Å²) in [7, 11) is 0. The first kappa shape index (κ1) is 57.0. The Hall–Kier alpha value is -5.03. The van der Waals surface area contributed by atoms with Crippen molar-refractivity contribution in [3.8, 4) is 0 Å². The molecule has 0 saturated carbocycles. The smallest absolute Gasteiger partial charge is 0.200 e. The van der Waals surface area contributed by atoms with Gasteiger partial charge in [-0.15, -0.1) is 0 Å². The largest absolute Gasteiger partial charge is 0.460 e. The fourth-order valence-electron chi connectivity index (χ4n) is 5.59. The van der Waals surface area contributed by atoms with Crippen molar-refractivity contribution >= 4 is 90.6 Å². The molecule has 0 N–H and O–H groups in total. The fourth-order valence-corrected chi connectivity index (χ4v) is 6.12. The SMILES string of the molecule is CC.CC.CC.CC.CC.CCc1cc2oc(C)c(C)c2o1.CCc1oc2cc(C)oc2c1C.Cc1c(Cl)oc2ccoc12.Cc1cc2oc(Cl)cc2o1.Cc1coc2cc(Cl)oc12. The molecule has 10 aromatic heterocycles. The molecule has 10 rings (SSSR count). The molecule has 10 nitrogen and oxygen atoms in total. The highest BCUT2D eigenvalue weighted by atomic mass is 35.5. The zero-order chi connectivity index (χ0) is 48.8. The minimum absolute atomic E-state index is 0.369. The average Bonchev–Trinajstić information content (AvgIpc) is 4.20. The molecule has 0 radical (unpaired) electrons. The van der Waals surface area contributed by atoms with Gasteiger partial charge in [0.05, 0.1) is 18.1 Å². The van der Waals surface area contributed by atoms with Gasteiger partial charge < -0.3 is 44.2 Å². The third kappa shape index (κ3) is 14.8. The number of halogens is 3. The predicted molar refractivity (Wildman–Crippen MR) is 266 cm³/mol. The highest BCUT2D eigenvalue weighted by molar-refractivity contribution is 6.30. The van der Waals surface area contributed by atoms with Gasteiger partial charge in [0, 0.05) is 65.9 Å². The lowest BCUT2D eigenvalue weighted by Gasteiger charge is -1.89. The zero-order valence-electron chi connectivity index (χ0n) is 41.2. The molecule has 0 fully saturated rings. The Morgan fingerprint density at radius 1 is 0.422 bits per heavy atom. The molecule has 0 amide bonds. The summed E-state index contributed by atoms with van der Waals surface area (Å²) in [6, 6.07) is 10.8. The normalized spacial score (nSPS) is 9.84. The van der Waals surface area contributed by atoms with E-state index >= 15 is 0 Å².